The van der Waals surface area contributed by atoms with E-state index in [-0.39, 0.29) is 24.2 Å². The van der Waals surface area contributed by atoms with E-state index in [2.05, 4.69) is 21.2 Å². The largest absolute Gasteiger partial charge is 0.493 e. The zero-order chi connectivity index (χ0) is 27.9. The third kappa shape index (κ3) is 7.86. The summed E-state index contributed by atoms with van der Waals surface area (Å²) in [5.41, 5.74) is 1.06. The summed E-state index contributed by atoms with van der Waals surface area (Å²) in [5.74, 6) is 0.00591. The highest BCUT2D eigenvalue weighted by molar-refractivity contribution is 9.10. The van der Waals surface area contributed by atoms with Crippen LogP contribution in [0.1, 0.15) is 44.6 Å². The Kier molecular flexibility index (Phi) is 10.4. The van der Waals surface area contributed by atoms with Crippen LogP contribution in [-0.4, -0.2) is 64.2 Å². The second-order valence-corrected chi connectivity index (χ2v) is 12.3. The molecule has 0 bridgehead atoms. The molecule has 11 heteroatoms. The molecule has 1 aliphatic rings. The maximum atomic E-state index is 13.8. The fourth-order valence-electron chi connectivity index (χ4n) is 4.58. The summed E-state index contributed by atoms with van der Waals surface area (Å²) in [4.78, 5) is 28.4. The minimum absolute atomic E-state index is 0.0841. The highest BCUT2D eigenvalue weighted by Crippen LogP contribution is 2.32. The van der Waals surface area contributed by atoms with Crippen molar-refractivity contribution in [1.29, 1.82) is 0 Å². The monoisotopic (exact) mass is 609 g/mol. The van der Waals surface area contributed by atoms with Gasteiger partial charge >= 0.3 is 0 Å². The highest BCUT2D eigenvalue weighted by Gasteiger charge is 2.31. The Balaban J connectivity index is 1.90. The molecule has 1 N–H and O–H groups in total. The molecular formula is C27H36BrN3O6S. The number of amides is 2. The molecule has 9 nitrogen and oxygen atoms in total. The zero-order valence-corrected chi connectivity index (χ0v) is 24.7. The van der Waals surface area contributed by atoms with Crippen molar-refractivity contribution >= 4 is 43.5 Å². The van der Waals surface area contributed by atoms with Crippen molar-refractivity contribution in [1.82, 2.24) is 10.2 Å². The van der Waals surface area contributed by atoms with E-state index in [1.165, 1.54) is 25.2 Å². The smallest absolute Gasteiger partial charge is 0.244 e. The van der Waals surface area contributed by atoms with Crippen molar-refractivity contribution in [2.24, 2.45) is 0 Å². The summed E-state index contributed by atoms with van der Waals surface area (Å²) in [5, 5.41) is 3.09. The fraction of sp³-hybridized carbons (Fsp3) is 0.481. The third-order valence-corrected chi connectivity index (χ3v) is 8.33. The Morgan fingerprint density at radius 1 is 1.05 bits per heavy atom. The van der Waals surface area contributed by atoms with Crippen LogP contribution in [0.15, 0.2) is 46.9 Å². The summed E-state index contributed by atoms with van der Waals surface area (Å²) in [7, 11) is -0.928. The molecule has 38 heavy (non-hydrogen) atoms. The van der Waals surface area contributed by atoms with Gasteiger partial charge in [-0.3, -0.25) is 13.9 Å². The molecular weight excluding hydrogens is 574 g/mol. The average molecular weight is 611 g/mol. The number of carbonyl (C=O) groups excluding carboxylic acids is 2. The van der Waals surface area contributed by atoms with Crippen molar-refractivity contribution in [2.45, 2.75) is 57.7 Å². The minimum Gasteiger partial charge on any atom is -0.493 e. The Morgan fingerprint density at radius 3 is 2.34 bits per heavy atom. The van der Waals surface area contributed by atoms with Crippen molar-refractivity contribution < 1.29 is 27.5 Å². The van der Waals surface area contributed by atoms with Gasteiger partial charge in [0.25, 0.3) is 0 Å². The van der Waals surface area contributed by atoms with Gasteiger partial charge in [0.15, 0.2) is 11.5 Å². The van der Waals surface area contributed by atoms with Crippen LogP contribution in [0.2, 0.25) is 0 Å². The number of nitrogens with one attached hydrogen (secondary N) is 1. The zero-order valence-electron chi connectivity index (χ0n) is 22.3. The molecule has 2 aromatic carbocycles. The molecule has 0 spiro atoms. The lowest BCUT2D eigenvalue weighted by atomic mass is 9.95. The van der Waals surface area contributed by atoms with Gasteiger partial charge in [-0.05, 0) is 49.6 Å². The average Bonchev–Trinajstić information content (AvgIpc) is 2.89. The quantitative estimate of drug-likeness (QED) is 0.411. The minimum atomic E-state index is -3.86. The van der Waals surface area contributed by atoms with Gasteiger partial charge in [0.1, 0.15) is 12.6 Å². The van der Waals surface area contributed by atoms with E-state index in [4.69, 9.17) is 9.47 Å². The topological polar surface area (TPSA) is 105 Å². The Bertz CT molecular complexity index is 1230. The van der Waals surface area contributed by atoms with E-state index in [1.54, 1.807) is 19.1 Å². The Morgan fingerprint density at radius 2 is 1.74 bits per heavy atom. The van der Waals surface area contributed by atoms with Crippen LogP contribution in [0, 0.1) is 0 Å². The third-order valence-electron chi connectivity index (χ3n) is 6.70. The summed E-state index contributed by atoms with van der Waals surface area (Å²) < 4.78 is 38.1. The molecule has 1 fully saturated rings. The van der Waals surface area contributed by atoms with E-state index in [1.807, 2.05) is 24.3 Å². The number of sulfonamides is 1. The van der Waals surface area contributed by atoms with Crippen molar-refractivity contribution in [3.63, 3.8) is 0 Å². The molecule has 2 amide bonds. The van der Waals surface area contributed by atoms with Crippen LogP contribution in [0.4, 0.5) is 5.69 Å². The summed E-state index contributed by atoms with van der Waals surface area (Å²) in [6, 6.07) is 11.4. The molecule has 1 aliphatic carbocycles. The molecule has 1 saturated carbocycles. The summed E-state index contributed by atoms with van der Waals surface area (Å²) in [6.45, 7) is 1.33. The highest BCUT2D eigenvalue weighted by atomic mass is 79.9. The molecule has 208 valence electrons. The van der Waals surface area contributed by atoms with E-state index in [0.29, 0.717) is 11.5 Å². The fourth-order valence-corrected chi connectivity index (χ4v) is 5.87. The van der Waals surface area contributed by atoms with E-state index >= 15 is 0 Å². The lowest BCUT2D eigenvalue weighted by molar-refractivity contribution is -0.139. The number of nitrogens with zero attached hydrogens (tertiary/aromatic N) is 2. The lowest BCUT2D eigenvalue weighted by Gasteiger charge is -2.33. The van der Waals surface area contributed by atoms with Crippen molar-refractivity contribution in [3.8, 4) is 11.5 Å². The predicted molar refractivity (Wildman–Crippen MR) is 151 cm³/mol. The number of benzene rings is 2. The van der Waals surface area contributed by atoms with Gasteiger partial charge in [-0.1, -0.05) is 47.3 Å². The van der Waals surface area contributed by atoms with E-state index in [0.717, 1.165) is 52.7 Å². The van der Waals surface area contributed by atoms with Gasteiger partial charge in [-0.25, -0.2) is 8.42 Å². The number of methoxy groups -OCH3 is 2. The molecule has 1 atom stereocenters. The first-order chi connectivity index (χ1) is 18.0. The molecule has 3 rings (SSSR count). The molecule has 0 saturated heterocycles. The number of hydrogen-bond donors (Lipinski definition) is 1. The number of carbonyl (C=O) groups is 2. The first kappa shape index (κ1) is 29.8. The number of rotatable bonds is 11. The second kappa shape index (κ2) is 13.3. The second-order valence-electron chi connectivity index (χ2n) is 9.48. The number of hydrogen-bond acceptors (Lipinski definition) is 6. The SMILES string of the molecule is COc1ccc(N(CC(=O)N(Cc2cccc(Br)c2)C(C)C(=O)NC2CCCCC2)S(C)(=O)=O)cc1OC. The van der Waals surface area contributed by atoms with Gasteiger partial charge in [-0.15, -0.1) is 0 Å². The maximum absolute atomic E-state index is 13.8. The van der Waals surface area contributed by atoms with Crippen LogP contribution in [-0.2, 0) is 26.2 Å². The van der Waals surface area contributed by atoms with Crippen LogP contribution < -0.4 is 19.1 Å². The summed E-state index contributed by atoms with van der Waals surface area (Å²) in [6.07, 6.45) is 6.16. The van der Waals surface area contributed by atoms with Gasteiger partial charge in [0, 0.05) is 23.1 Å². The van der Waals surface area contributed by atoms with Gasteiger partial charge in [-0.2, -0.15) is 0 Å². The first-order valence-corrected chi connectivity index (χ1v) is 15.2. The maximum Gasteiger partial charge on any atom is 0.244 e. The van der Waals surface area contributed by atoms with E-state index in [9.17, 15) is 18.0 Å². The van der Waals surface area contributed by atoms with Crippen LogP contribution in [0.3, 0.4) is 0 Å². The normalized spacial score (nSPS) is 14.9. The first-order valence-electron chi connectivity index (χ1n) is 12.6. The number of anilines is 1. The Labute approximate surface area is 233 Å². The number of halogens is 1. The molecule has 0 radical (unpaired) electrons. The molecule has 0 heterocycles. The molecule has 0 aromatic heterocycles. The van der Waals surface area contributed by atoms with Crippen molar-refractivity contribution in [2.75, 3.05) is 31.3 Å². The molecule has 0 aliphatic heterocycles. The molecule has 1 unspecified atom stereocenters. The lowest BCUT2D eigenvalue weighted by Crippen LogP contribution is -2.52. The van der Waals surface area contributed by atoms with Gasteiger partial charge in [0.05, 0.1) is 26.2 Å². The van der Waals surface area contributed by atoms with Gasteiger partial charge < -0.3 is 19.7 Å². The number of ether oxygens (including phenoxy) is 2. The van der Waals surface area contributed by atoms with Crippen LogP contribution in [0.5, 0.6) is 11.5 Å². The van der Waals surface area contributed by atoms with Gasteiger partial charge in [0.2, 0.25) is 21.8 Å². The standard InChI is InChI=1S/C27H36BrN3O6S/c1-19(27(33)29-22-11-6-5-7-12-22)30(17-20-9-8-10-21(28)15-20)26(32)18-31(38(4,34)35)23-13-14-24(36-2)25(16-23)37-3/h8-10,13-16,19,22H,5-7,11-12,17-18H2,1-4H3,(H,29,33). The Hall–Kier alpha value is -2.79. The van der Waals surface area contributed by atoms with Crippen LogP contribution in [0.25, 0.3) is 0 Å². The van der Waals surface area contributed by atoms with E-state index < -0.39 is 28.5 Å². The predicted octanol–water partition coefficient (Wildman–Crippen LogP) is 4.10. The summed E-state index contributed by atoms with van der Waals surface area (Å²) >= 11 is 3.45. The molecule has 2 aromatic rings. The van der Waals surface area contributed by atoms with Crippen LogP contribution >= 0.6 is 15.9 Å². The van der Waals surface area contributed by atoms with Crippen molar-refractivity contribution in [3.05, 3.63) is 52.5 Å².